The highest BCUT2D eigenvalue weighted by molar-refractivity contribution is 5.76. The molecule has 0 fully saturated rings. The number of imidazole rings is 1. The molecule has 6 nitrogen and oxygen atoms in total. The number of aromatic nitrogens is 2. The number of fused-ring (bicyclic) bond motifs is 1. The van der Waals surface area contributed by atoms with Gasteiger partial charge in [0, 0.05) is 25.9 Å². The van der Waals surface area contributed by atoms with Crippen LogP contribution in [0.1, 0.15) is 38.4 Å². The first-order valence-corrected chi connectivity index (χ1v) is 10.7. The van der Waals surface area contributed by atoms with Gasteiger partial charge in [-0.05, 0) is 55.7 Å². The van der Waals surface area contributed by atoms with Crippen molar-refractivity contribution in [3.63, 3.8) is 0 Å². The van der Waals surface area contributed by atoms with Crippen LogP contribution in [0.2, 0.25) is 0 Å². The van der Waals surface area contributed by atoms with Crippen LogP contribution in [0, 0.1) is 0 Å². The van der Waals surface area contributed by atoms with Gasteiger partial charge in [-0.25, -0.2) is 4.98 Å². The number of carbonyl (C=O) groups is 1. The summed E-state index contributed by atoms with van der Waals surface area (Å²) in [6.07, 6.45) is 4.11. The number of amides is 1. The lowest BCUT2D eigenvalue weighted by Gasteiger charge is -2.11. The largest absolute Gasteiger partial charge is 0.497 e. The van der Waals surface area contributed by atoms with Crippen LogP contribution >= 0.6 is 0 Å². The molecule has 0 saturated carbocycles. The molecule has 0 saturated heterocycles. The van der Waals surface area contributed by atoms with E-state index in [1.54, 1.807) is 7.11 Å². The van der Waals surface area contributed by atoms with Gasteiger partial charge < -0.3 is 19.4 Å². The van der Waals surface area contributed by atoms with Crippen molar-refractivity contribution in [2.45, 2.75) is 45.6 Å². The van der Waals surface area contributed by atoms with Crippen molar-refractivity contribution in [1.82, 2.24) is 14.9 Å². The molecule has 1 aromatic heterocycles. The predicted octanol–water partition coefficient (Wildman–Crippen LogP) is 4.36. The van der Waals surface area contributed by atoms with Crippen LogP contribution in [-0.4, -0.2) is 35.7 Å². The molecule has 2 aromatic carbocycles. The van der Waals surface area contributed by atoms with E-state index >= 15 is 0 Å². The number of para-hydroxylation sites is 2. The van der Waals surface area contributed by atoms with Crippen molar-refractivity contribution in [1.29, 1.82) is 0 Å². The maximum Gasteiger partial charge on any atom is 0.219 e. The highest BCUT2D eigenvalue weighted by atomic mass is 16.5. The minimum Gasteiger partial charge on any atom is -0.497 e. The number of rotatable bonds is 12. The van der Waals surface area contributed by atoms with Gasteiger partial charge in [0.15, 0.2) is 0 Å². The van der Waals surface area contributed by atoms with Crippen LogP contribution in [-0.2, 0) is 17.8 Å². The third kappa shape index (κ3) is 5.99. The van der Waals surface area contributed by atoms with Crippen molar-refractivity contribution >= 4 is 16.9 Å². The highest BCUT2D eigenvalue weighted by Gasteiger charge is 2.10. The number of carbonyl (C=O) groups excluding carboxylic acids is 1. The number of benzene rings is 2. The van der Waals surface area contributed by atoms with Gasteiger partial charge in [-0.15, -0.1) is 0 Å². The molecule has 1 amide bonds. The van der Waals surface area contributed by atoms with Gasteiger partial charge in [0.2, 0.25) is 5.91 Å². The number of hydrogen-bond acceptors (Lipinski definition) is 4. The van der Waals surface area contributed by atoms with E-state index < -0.39 is 0 Å². The van der Waals surface area contributed by atoms with Gasteiger partial charge in [-0.1, -0.05) is 19.1 Å². The van der Waals surface area contributed by atoms with Crippen molar-refractivity contribution in [2.24, 2.45) is 0 Å². The van der Waals surface area contributed by atoms with Gasteiger partial charge in [-0.3, -0.25) is 4.79 Å². The standard InChI is InChI=1S/C24H31N3O3/c1-3-8-24(28)25-16-15-23-26-21-9-4-5-10-22(21)27(23)17-6-7-18-30-20-13-11-19(29-2)12-14-20/h4-5,9-14H,3,6-8,15-18H2,1-2H3,(H,25,28). The maximum atomic E-state index is 11.7. The Balaban J connectivity index is 1.52. The van der Waals surface area contributed by atoms with Crippen LogP contribution in [0.15, 0.2) is 48.5 Å². The first kappa shape index (κ1) is 21.7. The van der Waals surface area contributed by atoms with E-state index in [0.717, 1.165) is 60.6 Å². The van der Waals surface area contributed by atoms with Crippen LogP contribution in [0.25, 0.3) is 11.0 Å². The molecule has 0 aliphatic heterocycles. The second-order valence-electron chi connectivity index (χ2n) is 7.25. The Hall–Kier alpha value is -3.02. The van der Waals surface area contributed by atoms with Crippen molar-refractivity contribution in [3.05, 3.63) is 54.4 Å². The van der Waals surface area contributed by atoms with Crippen molar-refractivity contribution in [2.75, 3.05) is 20.3 Å². The number of ether oxygens (including phenoxy) is 2. The van der Waals surface area contributed by atoms with Gasteiger partial charge in [0.1, 0.15) is 17.3 Å². The van der Waals surface area contributed by atoms with Crippen LogP contribution < -0.4 is 14.8 Å². The number of hydrogen-bond donors (Lipinski definition) is 1. The lowest BCUT2D eigenvalue weighted by Crippen LogP contribution is -2.26. The Bertz CT molecular complexity index is 935. The summed E-state index contributed by atoms with van der Waals surface area (Å²) >= 11 is 0. The van der Waals surface area contributed by atoms with Gasteiger partial charge in [0.05, 0.1) is 24.8 Å². The Morgan fingerprint density at radius 1 is 1.07 bits per heavy atom. The van der Waals surface area contributed by atoms with Crippen LogP contribution in [0.5, 0.6) is 11.5 Å². The Labute approximate surface area is 178 Å². The average Bonchev–Trinajstić information content (AvgIpc) is 3.11. The molecule has 160 valence electrons. The molecule has 0 unspecified atom stereocenters. The Kier molecular flexibility index (Phi) is 8.12. The molecular weight excluding hydrogens is 378 g/mol. The Morgan fingerprint density at radius 3 is 2.60 bits per heavy atom. The summed E-state index contributed by atoms with van der Waals surface area (Å²) in [5.74, 6) is 2.81. The van der Waals surface area contributed by atoms with Crippen molar-refractivity contribution in [3.8, 4) is 11.5 Å². The third-order valence-corrected chi connectivity index (χ3v) is 4.99. The number of nitrogens with zero attached hydrogens (tertiary/aromatic N) is 2. The molecule has 0 bridgehead atoms. The normalized spacial score (nSPS) is 10.9. The number of nitrogens with one attached hydrogen (secondary N) is 1. The van der Waals surface area contributed by atoms with E-state index in [0.29, 0.717) is 19.6 Å². The summed E-state index contributed by atoms with van der Waals surface area (Å²) in [6, 6.07) is 15.8. The summed E-state index contributed by atoms with van der Waals surface area (Å²) in [5.41, 5.74) is 2.14. The molecule has 3 rings (SSSR count). The topological polar surface area (TPSA) is 65.4 Å². The molecule has 0 spiro atoms. The quantitative estimate of drug-likeness (QED) is 0.451. The predicted molar refractivity (Wildman–Crippen MR) is 119 cm³/mol. The van der Waals surface area contributed by atoms with Crippen LogP contribution in [0.3, 0.4) is 0 Å². The average molecular weight is 410 g/mol. The zero-order valence-corrected chi connectivity index (χ0v) is 17.9. The van der Waals surface area contributed by atoms with E-state index in [9.17, 15) is 4.79 Å². The summed E-state index contributed by atoms with van der Waals surface area (Å²) in [4.78, 5) is 16.5. The highest BCUT2D eigenvalue weighted by Crippen LogP contribution is 2.19. The monoisotopic (exact) mass is 409 g/mol. The lowest BCUT2D eigenvalue weighted by molar-refractivity contribution is -0.121. The fraction of sp³-hybridized carbons (Fsp3) is 0.417. The number of methoxy groups -OCH3 is 1. The minimum absolute atomic E-state index is 0.107. The van der Waals surface area contributed by atoms with E-state index in [1.165, 1.54) is 0 Å². The smallest absolute Gasteiger partial charge is 0.219 e. The zero-order valence-electron chi connectivity index (χ0n) is 17.9. The fourth-order valence-electron chi connectivity index (χ4n) is 3.43. The summed E-state index contributed by atoms with van der Waals surface area (Å²) in [5, 5.41) is 2.99. The second kappa shape index (κ2) is 11.2. The fourth-order valence-corrected chi connectivity index (χ4v) is 3.43. The minimum atomic E-state index is 0.107. The molecule has 6 heteroatoms. The molecule has 0 atom stereocenters. The maximum absolute atomic E-state index is 11.7. The van der Waals surface area contributed by atoms with Crippen molar-refractivity contribution < 1.29 is 14.3 Å². The first-order valence-electron chi connectivity index (χ1n) is 10.7. The molecule has 1 N–H and O–H groups in total. The molecular formula is C24H31N3O3. The van der Waals surface area contributed by atoms with Gasteiger partial charge >= 0.3 is 0 Å². The molecule has 0 aliphatic rings. The van der Waals surface area contributed by atoms with E-state index in [-0.39, 0.29) is 5.91 Å². The lowest BCUT2D eigenvalue weighted by atomic mass is 10.2. The third-order valence-electron chi connectivity index (χ3n) is 4.99. The van der Waals surface area contributed by atoms with E-state index in [2.05, 4.69) is 16.0 Å². The van der Waals surface area contributed by atoms with Gasteiger partial charge in [0.25, 0.3) is 0 Å². The second-order valence-corrected chi connectivity index (χ2v) is 7.25. The first-order chi connectivity index (χ1) is 14.7. The Morgan fingerprint density at radius 2 is 1.83 bits per heavy atom. The molecule has 30 heavy (non-hydrogen) atoms. The summed E-state index contributed by atoms with van der Waals surface area (Å²) in [6.45, 7) is 4.17. The molecule has 3 aromatic rings. The van der Waals surface area contributed by atoms with E-state index in [1.807, 2.05) is 49.4 Å². The zero-order chi connectivity index (χ0) is 21.2. The SMILES string of the molecule is CCCC(=O)NCCc1nc2ccccc2n1CCCCOc1ccc(OC)cc1. The molecule has 0 aliphatic carbocycles. The van der Waals surface area contributed by atoms with E-state index in [4.69, 9.17) is 14.5 Å². The summed E-state index contributed by atoms with van der Waals surface area (Å²) in [7, 11) is 1.66. The molecule has 1 heterocycles. The summed E-state index contributed by atoms with van der Waals surface area (Å²) < 4.78 is 13.3. The van der Waals surface area contributed by atoms with Crippen LogP contribution in [0.4, 0.5) is 0 Å². The number of unbranched alkanes of at least 4 members (excludes halogenated alkanes) is 1. The molecule has 0 radical (unpaired) electrons. The number of aryl methyl sites for hydroxylation is 1. The van der Waals surface area contributed by atoms with Gasteiger partial charge in [-0.2, -0.15) is 0 Å².